The van der Waals surface area contributed by atoms with Crippen LogP contribution in [0.15, 0.2) is 34.8 Å². The van der Waals surface area contributed by atoms with Crippen LogP contribution in [-0.2, 0) is 6.54 Å². The van der Waals surface area contributed by atoms with Crippen molar-refractivity contribution in [3.63, 3.8) is 0 Å². The highest BCUT2D eigenvalue weighted by Crippen LogP contribution is 2.32. The Morgan fingerprint density at radius 1 is 1.24 bits per heavy atom. The SMILES string of the molecule is CCNc1nc(N(C)Cc2ccccc2Br)c(Cl)cc1Cl. The van der Waals surface area contributed by atoms with Crippen LogP contribution >= 0.6 is 39.1 Å². The minimum absolute atomic E-state index is 0.528. The summed E-state index contributed by atoms with van der Waals surface area (Å²) in [5.74, 6) is 1.35. The van der Waals surface area contributed by atoms with Gasteiger partial charge in [0.1, 0.15) is 11.6 Å². The molecular formula is C15H16BrCl2N3. The summed E-state index contributed by atoms with van der Waals surface area (Å²) < 4.78 is 1.06. The molecule has 0 aliphatic heterocycles. The number of pyridine rings is 1. The van der Waals surface area contributed by atoms with Gasteiger partial charge >= 0.3 is 0 Å². The third-order valence-corrected chi connectivity index (χ3v) is 4.32. The molecule has 112 valence electrons. The lowest BCUT2D eigenvalue weighted by atomic mass is 10.2. The zero-order chi connectivity index (χ0) is 15.4. The molecule has 0 unspecified atom stereocenters. The summed E-state index contributed by atoms with van der Waals surface area (Å²) in [6.45, 7) is 3.44. The Labute approximate surface area is 143 Å². The standard InChI is InChI=1S/C15H16BrCl2N3/c1-3-19-14-12(17)8-13(18)15(20-14)21(2)9-10-6-4-5-7-11(10)16/h4-8H,3,9H2,1-2H3,(H,19,20). The highest BCUT2D eigenvalue weighted by Gasteiger charge is 2.13. The molecule has 0 amide bonds. The molecule has 1 aromatic heterocycles. The van der Waals surface area contributed by atoms with Gasteiger partial charge in [-0.3, -0.25) is 0 Å². The predicted molar refractivity (Wildman–Crippen MR) is 94.7 cm³/mol. The molecule has 0 bridgehead atoms. The average molecular weight is 389 g/mol. The van der Waals surface area contributed by atoms with Crippen molar-refractivity contribution in [2.45, 2.75) is 13.5 Å². The summed E-state index contributed by atoms with van der Waals surface area (Å²) in [5, 5.41) is 4.20. The normalized spacial score (nSPS) is 10.5. The average Bonchev–Trinajstić information content (AvgIpc) is 2.44. The summed E-state index contributed by atoms with van der Waals surface area (Å²) >= 11 is 16.0. The van der Waals surface area contributed by atoms with Crippen molar-refractivity contribution in [3.05, 3.63) is 50.4 Å². The van der Waals surface area contributed by atoms with Gasteiger partial charge in [0, 0.05) is 24.6 Å². The largest absolute Gasteiger partial charge is 0.369 e. The Morgan fingerprint density at radius 3 is 2.62 bits per heavy atom. The molecule has 6 heteroatoms. The van der Waals surface area contributed by atoms with Crippen LogP contribution in [0.1, 0.15) is 12.5 Å². The Bertz CT molecular complexity index is 634. The van der Waals surface area contributed by atoms with Gasteiger partial charge in [-0.25, -0.2) is 4.98 Å². The van der Waals surface area contributed by atoms with E-state index in [1.807, 2.05) is 37.1 Å². The zero-order valence-electron chi connectivity index (χ0n) is 11.8. The molecule has 0 aliphatic rings. The lowest BCUT2D eigenvalue weighted by Crippen LogP contribution is -2.19. The fourth-order valence-electron chi connectivity index (χ4n) is 1.97. The van der Waals surface area contributed by atoms with E-state index in [9.17, 15) is 0 Å². The van der Waals surface area contributed by atoms with E-state index in [1.165, 1.54) is 0 Å². The van der Waals surface area contributed by atoms with Crippen molar-refractivity contribution in [2.24, 2.45) is 0 Å². The van der Waals surface area contributed by atoms with Gasteiger partial charge < -0.3 is 10.2 Å². The van der Waals surface area contributed by atoms with Crippen molar-refractivity contribution < 1.29 is 0 Å². The van der Waals surface area contributed by atoms with Crippen LogP contribution in [0, 0.1) is 0 Å². The number of halogens is 3. The lowest BCUT2D eigenvalue weighted by Gasteiger charge is -2.21. The highest BCUT2D eigenvalue weighted by molar-refractivity contribution is 9.10. The molecule has 1 aromatic carbocycles. The minimum Gasteiger partial charge on any atom is -0.369 e. The van der Waals surface area contributed by atoms with Gasteiger partial charge in [0.05, 0.1) is 10.0 Å². The molecule has 1 heterocycles. The van der Waals surface area contributed by atoms with Crippen LogP contribution in [0.25, 0.3) is 0 Å². The van der Waals surface area contributed by atoms with Gasteiger partial charge in [-0.2, -0.15) is 0 Å². The van der Waals surface area contributed by atoms with Gasteiger partial charge in [0.2, 0.25) is 0 Å². The van der Waals surface area contributed by atoms with E-state index in [-0.39, 0.29) is 0 Å². The Balaban J connectivity index is 2.28. The van der Waals surface area contributed by atoms with Crippen LogP contribution in [0.5, 0.6) is 0 Å². The van der Waals surface area contributed by atoms with Crippen molar-refractivity contribution >= 4 is 50.8 Å². The number of anilines is 2. The third-order valence-electron chi connectivity index (χ3n) is 2.98. The third kappa shape index (κ3) is 4.02. The molecule has 3 nitrogen and oxygen atoms in total. The van der Waals surface area contributed by atoms with E-state index in [2.05, 4.69) is 32.3 Å². The van der Waals surface area contributed by atoms with Crippen LogP contribution in [0.2, 0.25) is 10.0 Å². The Kier molecular flexibility index (Phi) is 5.73. The molecular weight excluding hydrogens is 373 g/mol. The number of benzene rings is 1. The highest BCUT2D eigenvalue weighted by atomic mass is 79.9. The van der Waals surface area contributed by atoms with Crippen LogP contribution < -0.4 is 10.2 Å². The van der Waals surface area contributed by atoms with Gasteiger partial charge in [-0.15, -0.1) is 0 Å². The number of aromatic nitrogens is 1. The molecule has 0 saturated heterocycles. The van der Waals surface area contributed by atoms with Crippen LogP contribution in [0.4, 0.5) is 11.6 Å². The van der Waals surface area contributed by atoms with E-state index >= 15 is 0 Å². The number of nitrogens with zero attached hydrogens (tertiary/aromatic N) is 2. The molecule has 2 rings (SSSR count). The van der Waals surface area contributed by atoms with Crippen molar-refractivity contribution in [2.75, 3.05) is 23.8 Å². The van der Waals surface area contributed by atoms with Crippen molar-refractivity contribution in [1.29, 1.82) is 0 Å². The van der Waals surface area contributed by atoms with Crippen molar-refractivity contribution in [1.82, 2.24) is 4.98 Å². The number of rotatable bonds is 5. The molecule has 0 fully saturated rings. The summed E-state index contributed by atoms with van der Waals surface area (Å²) in [6.07, 6.45) is 0. The lowest BCUT2D eigenvalue weighted by molar-refractivity contribution is 0.894. The predicted octanol–water partition coefficient (Wildman–Crippen LogP) is 5.22. The molecule has 1 N–H and O–H groups in total. The first-order valence-electron chi connectivity index (χ1n) is 6.57. The maximum absolute atomic E-state index is 6.27. The first-order valence-corrected chi connectivity index (χ1v) is 8.12. The monoisotopic (exact) mass is 387 g/mol. The maximum atomic E-state index is 6.27. The van der Waals surface area contributed by atoms with Gasteiger partial charge in [0.15, 0.2) is 0 Å². The zero-order valence-corrected chi connectivity index (χ0v) is 14.9. The summed E-state index contributed by atoms with van der Waals surface area (Å²) in [5.41, 5.74) is 1.16. The number of hydrogen-bond donors (Lipinski definition) is 1. The number of nitrogens with one attached hydrogen (secondary N) is 1. The first kappa shape index (κ1) is 16.4. The maximum Gasteiger partial charge on any atom is 0.149 e. The second-order valence-corrected chi connectivity index (χ2v) is 6.27. The second-order valence-electron chi connectivity index (χ2n) is 4.60. The van der Waals surface area contributed by atoms with Crippen molar-refractivity contribution in [3.8, 4) is 0 Å². The van der Waals surface area contributed by atoms with E-state index in [0.29, 0.717) is 28.2 Å². The fraction of sp³-hybridized carbons (Fsp3) is 0.267. The summed E-state index contributed by atoms with van der Waals surface area (Å²) in [7, 11) is 1.96. The second kappa shape index (κ2) is 7.34. The van der Waals surface area contributed by atoms with Crippen LogP contribution in [-0.4, -0.2) is 18.6 Å². The molecule has 0 radical (unpaired) electrons. The summed E-state index contributed by atoms with van der Waals surface area (Å²) in [6, 6.07) is 9.80. The smallest absolute Gasteiger partial charge is 0.149 e. The molecule has 0 aliphatic carbocycles. The van der Waals surface area contributed by atoms with E-state index in [1.54, 1.807) is 6.07 Å². The fourth-order valence-corrected chi connectivity index (χ4v) is 2.95. The van der Waals surface area contributed by atoms with Gasteiger partial charge in [-0.05, 0) is 24.6 Å². The number of hydrogen-bond acceptors (Lipinski definition) is 3. The Morgan fingerprint density at radius 2 is 1.95 bits per heavy atom. The molecule has 0 saturated carbocycles. The minimum atomic E-state index is 0.528. The first-order chi connectivity index (χ1) is 10.0. The topological polar surface area (TPSA) is 28.2 Å². The molecule has 0 spiro atoms. The molecule has 21 heavy (non-hydrogen) atoms. The molecule has 0 atom stereocenters. The van der Waals surface area contributed by atoms with E-state index < -0.39 is 0 Å². The summed E-state index contributed by atoms with van der Waals surface area (Å²) in [4.78, 5) is 6.52. The van der Waals surface area contributed by atoms with E-state index in [4.69, 9.17) is 23.2 Å². The van der Waals surface area contributed by atoms with Crippen LogP contribution in [0.3, 0.4) is 0 Å². The van der Waals surface area contributed by atoms with Gasteiger partial charge in [0.25, 0.3) is 0 Å². The Hall–Kier alpha value is -0.970. The molecule has 2 aromatic rings. The van der Waals surface area contributed by atoms with Gasteiger partial charge in [-0.1, -0.05) is 57.3 Å². The van der Waals surface area contributed by atoms with E-state index in [0.717, 1.165) is 16.6 Å². The quantitative estimate of drug-likeness (QED) is 0.760.